The summed E-state index contributed by atoms with van der Waals surface area (Å²) in [4.78, 5) is 31.0. The third-order valence-corrected chi connectivity index (χ3v) is 9.09. The smallest absolute Gasteiger partial charge is 0.326 e. The lowest BCUT2D eigenvalue weighted by molar-refractivity contribution is -0.139. The molecule has 2 N–H and O–H groups in total. The molecule has 232 valence electrons. The lowest BCUT2D eigenvalue weighted by atomic mass is 9.95. The predicted octanol–water partition coefficient (Wildman–Crippen LogP) is 8.94. The van der Waals surface area contributed by atoms with Gasteiger partial charge in [0.05, 0.1) is 17.2 Å². The monoisotopic (exact) mass is 612 g/mol. The topological polar surface area (TPSA) is 88.5 Å². The molecule has 4 rings (SSSR count). The van der Waals surface area contributed by atoms with Gasteiger partial charge in [-0.2, -0.15) is 0 Å². The first-order chi connectivity index (χ1) is 21.1. The first kappa shape index (κ1) is 32.9. The molecule has 0 saturated carbocycles. The van der Waals surface area contributed by atoms with Gasteiger partial charge in [0.1, 0.15) is 11.8 Å². The van der Waals surface area contributed by atoms with Crippen molar-refractivity contribution in [1.29, 1.82) is 0 Å². The van der Waals surface area contributed by atoms with Crippen molar-refractivity contribution in [2.75, 3.05) is 6.61 Å². The van der Waals surface area contributed by atoms with Gasteiger partial charge in [0.2, 0.25) is 0 Å². The van der Waals surface area contributed by atoms with Crippen LogP contribution in [0.5, 0.6) is 5.75 Å². The summed E-state index contributed by atoms with van der Waals surface area (Å²) in [6, 6.07) is 22.5. The van der Waals surface area contributed by atoms with Crippen LogP contribution >= 0.6 is 11.3 Å². The zero-order valence-electron chi connectivity index (χ0n) is 26.3. The lowest BCUT2D eigenvalue weighted by Crippen LogP contribution is -2.42. The van der Waals surface area contributed by atoms with Gasteiger partial charge in [0.15, 0.2) is 0 Å². The Morgan fingerprint density at radius 2 is 1.50 bits per heavy atom. The zero-order chi connectivity index (χ0) is 31.5. The molecule has 0 bridgehead atoms. The number of hydrogen-bond donors (Lipinski definition) is 2. The molecule has 0 aliphatic rings. The zero-order valence-corrected chi connectivity index (χ0v) is 27.1. The van der Waals surface area contributed by atoms with E-state index >= 15 is 0 Å². The average Bonchev–Trinajstić information content (AvgIpc) is 3.53. The van der Waals surface area contributed by atoms with Gasteiger partial charge in [-0.1, -0.05) is 102 Å². The standard InChI is InChI=1S/C37H44N2O4S/c1-5-6-7-8-9-10-23-43-30-18-15-27(16-19-30)29-17-20-31(38-25-29)28-13-11-26(12-14-28)24-32(36(41)42)39-35(40)33-21-22-34(44-33)37(2,3)4/h11-22,25,32H,5-10,23-24H2,1-4H3,(H,39,40)(H,41,42)/t32-/m0/s1. The Morgan fingerprint density at radius 3 is 2.11 bits per heavy atom. The Morgan fingerprint density at radius 1 is 0.841 bits per heavy atom. The predicted molar refractivity (Wildman–Crippen MR) is 180 cm³/mol. The van der Waals surface area contributed by atoms with E-state index in [1.807, 2.05) is 60.8 Å². The number of ether oxygens (including phenoxy) is 1. The van der Waals surface area contributed by atoms with Crippen molar-refractivity contribution in [3.8, 4) is 28.1 Å². The number of hydrogen-bond acceptors (Lipinski definition) is 5. The van der Waals surface area contributed by atoms with Crippen molar-refractivity contribution in [3.05, 3.63) is 94.3 Å². The second kappa shape index (κ2) is 15.7. The van der Waals surface area contributed by atoms with Crippen LogP contribution in [-0.2, 0) is 16.6 Å². The lowest BCUT2D eigenvalue weighted by Gasteiger charge is -2.16. The van der Waals surface area contributed by atoms with Crippen LogP contribution in [0.25, 0.3) is 22.4 Å². The molecular weight excluding hydrogens is 568 g/mol. The summed E-state index contributed by atoms with van der Waals surface area (Å²) >= 11 is 1.40. The van der Waals surface area contributed by atoms with Gasteiger partial charge in [-0.15, -0.1) is 11.3 Å². The molecule has 1 atom stereocenters. The van der Waals surface area contributed by atoms with Crippen molar-refractivity contribution in [1.82, 2.24) is 10.3 Å². The fourth-order valence-electron chi connectivity index (χ4n) is 4.89. The van der Waals surface area contributed by atoms with E-state index in [0.717, 1.165) is 51.6 Å². The quantitative estimate of drug-likeness (QED) is 0.131. The van der Waals surface area contributed by atoms with Crippen molar-refractivity contribution < 1.29 is 19.4 Å². The Kier molecular flexibility index (Phi) is 11.7. The summed E-state index contributed by atoms with van der Waals surface area (Å²) in [5.41, 5.74) is 4.61. The normalized spacial score (nSPS) is 12.1. The van der Waals surface area contributed by atoms with E-state index in [4.69, 9.17) is 4.74 Å². The van der Waals surface area contributed by atoms with E-state index in [2.05, 4.69) is 50.1 Å². The van der Waals surface area contributed by atoms with Gasteiger partial charge in [-0.05, 0) is 53.3 Å². The summed E-state index contributed by atoms with van der Waals surface area (Å²) in [5.74, 6) is -0.545. The van der Waals surface area contributed by atoms with Crippen molar-refractivity contribution in [2.45, 2.75) is 84.1 Å². The molecule has 2 heterocycles. The van der Waals surface area contributed by atoms with Crippen LogP contribution in [0.3, 0.4) is 0 Å². The highest BCUT2D eigenvalue weighted by atomic mass is 32.1. The first-order valence-electron chi connectivity index (χ1n) is 15.6. The summed E-state index contributed by atoms with van der Waals surface area (Å²) in [6.45, 7) is 9.23. The maximum Gasteiger partial charge on any atom is 0.326 e. The minimum absolute atomic E-state index is 0.0697. The van der Waals surface area contributed by atoms with E-state index in [1.54, 1.807) is 6.07 Å². The first-order valence-corrected chi connectivity index (χ1v) is 16.4. The summed E-state index contributed by atoms with van der Waals surface area (Å²) in [6.07, 6.45) is 9.53. The van der Waals surface area contributed by atoms with Gasteiger partial charge in [-0.3, -0.25) is 9.78 Å². The number of carboxylic acids is 1. The molecule has 44 heavy (non-hydrogen) atoms. The molecular formula is C37H44N2O4S. The summed E-state index contributed by atoms with van der Waals surface area (Å²) < 4.78 is 5.91. The number of carboxylic acid groups (broad SMARTS) is 1. The van der Waals surface area contributed by atoms with Crippen LogP contribution in [0.4, 0.5) is 0 Å². The number of nitrogens with one attached hydrogen (secondary N) is 1. The maximum atomic E-state index is 12.8. The molecule has 1 amide bonds. The van der Waals surface area contributed by atoms with Gasteiger partial charge in [-0.25, -0.2) is 4.79 Å². The molecule has 0 unspecified atom stereocenters. The number of thiophene rings is 1. The minimum atomic E-state index is -1.07. The molecule has 7 heteroatoms. The molecule has 0 fully saturated rings. The van der Waals surface area contributed by atoms with E-state index in [1.165, 1.54) is 43.4 Å². The number of carbonyl (C=O) groups excluding carboxylic acids is 1. The number of pyridine rings is 1. The number of benzene rings is 2. The van der Waals surface area contributed by atoms with Crippen LogP contribution < -0.4 is 10.1 Å². The fraction of sp³-hybridized carbons (Fsp3) is 0.378. The molecule has 4 aromatic rings. The van der Waals surface area contributed by atoms with Crippen LogP contribution in [0.15, 0.2) is 79.0 Å². The molecule has 0 saturated heterocycles. The molecule has 2 aromatic heterocycles. The largest absolute Gasteiger partial charge is 0.494 e. The molecule has 0 aliphatic heterocycles. The highest BCUT2D eigenvalue weighted by molar-refractivity contribution is 7.14. The van der Waals surface area contributed by atoms with Crippen molar-refractivity contribution in [2.24, 2.45) is 0 Å². The number of aromatic nitrogens is 1. The number of nitrogens with zero attached hydrogens (tertiary/aromatic N) is 1. The molecule has 0 spiro atoms. The Balaban J connectivity index is 1.30. The van der Waals surface area contributed by atoms with E-state index in [0.29, 0.717) is 4.88 Å². The second-order valence-electron chi connectivity index (χ2n) is 12.3. The molecule has 0 aliphatic carbocycles. The SMILES string of the molecule is CCCCCCCCOc1ccc(-c2ccc(-c3ccc(C[C@H](NC(=O)c4ccc(C(C)(C)C)s4)C(=O)O)cc3)nc2)cc1. The van der Waals surface area contributed by atoms with Crippen LogP contribution in [0, 0.1) is 0 Å². The van der Waals surface area contributed by atoms with Crippen molar-refractivity contribution >= 4 is 23.2 Å². The summed E-state index contributed by atoms with van der Waals surface area (Å²) in [5, 5.41) is 12.5. The van der Waals surface area contributed by atoms with Crippen LogP contribution in [-0.4, -0.2) is 34.6 Å². The third kappa shape index (κ3) is 9.52. The van der Waals surface area contributed by atoms with Gasteiger partial charge in [0.25, 0.3) is 5.91 Å². The number of aliphatic carboxylic acids is 1. The van der Waals surface area contributed by atoms with Crippen LogP contribution in [0.1, 0.15) is 86.3 Å². The van der Waals surface area contributed by atoms with Gasteiger partial charge in [0, 0.05) is 28.6 Å². The van der Waals surface area contributed by atoms with E-state index in [9.17, 15) is 14.7 Å². The maximum absolute atomic E-state index is 12.8. The highest BCUT2D eigenvalue weighted by Gasteiger charge is 2.24. The van der Waals surface area contributed by atoms with E-state index < -0.39 is 12.0 Å². The van der Waals surface area contributed by atoms with Gasteiger partial charge >= 0.3 is 5.97 Å². The number of amides is 1. The Bertz CT molecular complexity index is 1490. The second-order valence-corrected chi connectivity index (χ2v) is 13.3. The van der Waals surface area contributed by atoms with Crippen molar-refractivity contribution in [3.63, 3.8) is 0 Å². The number of rotatable bonds is 15. The molecule has 2 aromatic carbocycles. The molecule has 0 radical (unpaired) electrons. The minimum Gasteiger partial charge on any atom is -0.494 e. The Labute approximate surface area is 265 Å². The van der Waals surface area contributed by atoms with Crippen LogP contribution in [0.2, 0.25) is 0 Å². The third-order valence-electron chi connectivity index (χ3n) is 7.58. The number of unbranched alkanes of at least 4 members (excludes halogenated alkanes) is 5. The average molecular weight is 613 g/mol. The highest BCUT2D eigenvalue weighted by Crippen LogP contribution is 2.30. The summed E-state index contributed by atoms with van der Waals surface area (Å²) in [7, 11) is 0. The van der Waals surface area contributed by atoms with E-state index in [-0.39, 0.29) is 17.7 Å². The Hall–Kier alpha value is -3.97. The molecule has 6 nitrogen and oxygen atoms in total. The number of carbonyl (C=O) groups is 2. The van der Waals surface area contributed by atoms with Gasteiger partial charge < -0.3 is 15.2 Å². The fourth-order valence-corrected chi connectivity index (χ4v) is 5.86.